The molecule has 1 aromatic carbocycles. The van der Waals surface area contributed by atoms with Crippen molar-refractivity contribution in [3.05, 3.63) is 40.9 Å². The van der Waals surface area contributed by atoms with Gasteiger partial charge in [0.05, 0.1) is 16.4 Å². The van der Waals surface area contributed by atoms with Gasteiger partial charge in [-0.3, -0.25) is 9.48 Å². The van der Waals surface area contributed by atoms with Gasteiger partial charge in [-0.05, 0) is 31.5 Å². The molecular weight excluding hydrogens is 295 g/mol. The zero-order valence-electron chi connectivity index (χ0n) is 11.6. The highest BCUT2D eigenvalue weighted by atomic mass is 35.5. The first-order valence-electron chi connectivity index (χ1n) is 6.50. The van der Waals surface area contributed by atoms with Crippen LogP contribution in [0.4, 0.5) is 15.8 Å². The largest absolute Gasteiger partial charge is 0.396 e. The van der Waals surface area contributed by atoms with Gasteiger partial charge in [0.15, 0.2) is 0 Å². The van der Waals surface area contributed by atoms with Gasteiger partial charge < -0.3 is 11.1 Å². The molecule has 112 valence electrons. The molecule has 0 aliphatic carbocycles. The van der Waals surface area contributed by atoms with Crippen molar-refractivity contribution in [3.8, 4) is 0 Å². The van der Waals surface area contributed by atoms with Crippen LogP contribution in [0.5, 0.6) is 0 Å². The Balaban J connectivity index is 1.80. The van der Waals surface area contributed by atoms with E-state index in [0.29, 0.717) is 30.1 Å². The van der Waals surface area contributed by atoms with Gasteiger partial charge in [0.1, 0.15) is 5.82 Å². The third kappa shape index (κ3) is 4.19. The van der Waals surface area contributed by atoms with Crippen molar-refractivity contribution in [3.63, 3.8) is 0 Å². The minimum absolute atomic E-state index is 0.00876. The maximum Gasteiger partial charge on any atom is 0.224 e. The number of anilines is 2. The van der Waals surface area contributed by atoms with E-state index in [1.807, 2.05) is 6.92 Å². The molecule has 0 fully saturated rings. The van der Waals surface area contributed by atoms with Crippen LogP contribution in [0.25, 0.3) is 0 Å². The highest BCUT2D eigenvalue weighted by Crippen LogP contribution is 2.17. The Morgan fingerprint density at radius 3 is 2.90 bits per heavy atom. The first-order valence-corrected chi connectivity index (χ1v) is 6.88. The number of hydrogen-bond donors (Lipinski definition) is 2. The monoisotopic (exact) mass is 310 g/mol. The molecule has 0 atom stereocenters. The quantitative estimate of drug-likeness (QED) is 0.834. The fourth-order valence-corrected chi connectivity index (χ4v) is 2.01. The van der Waals surface area contributed by atoms with Gasteiger partial charge in [-0.1, -0.05) is 11.6 Å². The van der Waals surface area contributed by atoms with E-state index in [1.54, 1.807) is 10.9 Å². The van der Waals surface area contributed by atoms with Crippen LogP contribution >= 0.6 is 11.6 Å². The molecular formula is C14H16ClFN4O. The highest BCUT2D eigenvalue weighted by molar-refractivity contribution is 6.31. The fourth-order valence-electron chi connectivity index (χ4n) is 1.85. The second-order valence-corrected chi connectivity index (χ2v) is 5.12. The maximum absolute atomic E-state index is 13.0. The summed E-state index contributed by atoms with van der Waals surface area (Å²) in [5.74, 6) is -0.657. The zero-order chi connectivity index (χ0) is 15.4. The van der Waals surface area contributed by atoms with E-state index >= 15 is 0 Å². The van der Waals surface area contributed by atoms with Crippen molar-refractivity contribution in [2.45, 2.75) is 26.3 Å². The van der Waals surface area contributed by atoms with Gasteiger partial charge >= 0.3 is 0 Å². The standard InChI is InChI=1S/C14H16ClFN4O/c1-9-11(15)8-20(19-9)6-2-3-14(21)18-10-4-5-12(16)13(17)7-10/h4-5,7-8H,2-3,6,17H2,1H3,(H,18,21). The average molecular weight is 311 g/mol. The second kappa shape index (κ2) is 6.58. The molecule has 0 bridgehead atoms. The summed E-state index contributed by atoms with van der Waals surface area (Å²) in [5.41, 5.74) is 6.70. The van der Waals surface area contributed by atoms with Crippen molar-refractivity contribution < 1.29 is 9.18 Å². The molecule has 0 saturated carbocycles. The lowest BCUT2D eigenvalue weighted by atomic mass is 10.2. The molecule has 1 amide bonds. The predicted octanol–water partition coefficient (Wildman–Crippen LogP) is 2.99. The van der Waals surface area contributed by atoms with E-state index in [2.05, 4.69) is 10.4 Å². The molecule has 0 saturated heterocycles. The van der Waals surface area contributed by atoms with E-state index in [1.165, 1.54) is 18.2 Å². The van der Waals surface area contributed by atoms with Gasteiger partial charge in [0.25, 0.3) is 0 Å². The Hall–Kier alpha value is -2.08. The van der Waals surface area contributed by atoms with E-state index in [4.69, 9.17) is 17.3 Å². The molecule has 0 spiro atoms. The molecule has 1 aromatic heterocycles. The molecule has 1 heterocycles. The molecule has 2 aromatic rings. The van der Waals surface area contributed by atoms with Crippen molar-refractivity contribution in [2.24, 2.45) is 0 Å². The molecule has 7 heteroatoms. The normalized spacial score (nSPS) is 10.6. The van der Waals surface area contributed by atoms with Gasteiger partial charge in [-0.2, -0.15) is 5.10 Å². The smallest absolute Gasteiger partial charge is 0.224 e. The highest BCUT2D eigenvalue weighted by Gasteiger charge is 2.06. The number of halogens is 2. The third-order valence-electron chi connectivity index (χ3n) is 2.96. The number of nitrogen functional groups attached to an aromatic ring is 1. The lowest BCUT2D eigenvalue weighted by Crippen LogP contribution is -2.13. The Kier molecular flexibility index (Phi) is 4.80. The number of amides is 1. The van der Waals surface area contributed by atoms with Crippen LogP contribution in [0, 0.1) is 12.7 Å². The Labute approximate surface area is 126 Å². The number of aromatic nitrogens is 2. The number of benzene rings is 1. The van der Waals surface area contributed by atoms with Crippen LogP contribution in [-0.2, 0) is 11.3 Å². The molecule has 0 radical (unpaired) electrons. The van der Waals surface area contributed by atoms with Crippen LogP contribution in [0.2, 0.25) is 5.02 Å². The summed E-state index contributed by atoms with van der Waals surface area (Å²) in [6.07, 6.45) is 2.68. The number of aryl methyl sites for hydroxylation is 2. The van der Waals surface area contributed by atoms with Gasteiger partial charge in [0, 0.05) is 24.8 Å². The van der Waals surface area contributed by atoms with E-state index in [0.717, 1.165) is 5.69 Å². The zero-order valence-corrected chi connectivity index (χ0v) is 12.3. The number of rotatable bonds is 5. The first kappa shape index (κ1) is 15.3. The van der Waals surface area contributed by atoms with Crippen LogP contribution < -0.4 is 11.1 Å². The third-order valence-corrected chi connectivity index (χ3v) is 3.33. The van der Waals surface area contributed by atoms with E-state index < -0.39 is 5.82 Å². The van der Waals surface area contributed by atoms with Crippen molar-refractivity contribution in [1.29, 1.82) is 0 Å². The predicted molar refractivity (Wildman–Crippen MR) is 80.7 cm³/mol. The van der Waals surface area contributed by atoms with Gasteiger partial charge in [0.2, 0.25) is 5.91 Å². The summed E-state index contributed by atoms with van der Waals surface area (Å²) < 4.78 is 14.7. The van der Waals surface area contributed by atoms with Crippen LogP contribution in [0.15, 0.2) is 24.4 Å². The van der Waals surface area contributed by atoms with E-state index in [-0.39, 0.29) is 11.6 Å². The summed E-state index contributed by atoms with van der Waals surface area (Å²) >= 11 is 5.90. The molecule has 0 aliphatic rings. The maximum atomic E-state index is 13.0. The fraction of sp³-hybridized carbons (Fsp3) is 0.286. The number of nitrogens with zero attached hydrogens (tertiary/aromatic N) is 2. The Morgan fingerprint density at radius 1 is 1.52 bits per heavy atom. The molecule has 3 N–H and O–H groups in total. The summed E-state index contributed by atoms with van der Waals surface area (Å²) in [6.45, 7) is 2.43. The summed E-state index contributed by atoms with van der Waals surface area (Å²) in [7, 11) is 0. The summed E-state index contributed by atoms with van der Waals surface area (Å²) in [5, 5.41) is 7.49. The number of carbonyl (C=O) groups is 1. The molecule has 21 heavy (non-hydrogen) atoms. The number of carbonyl (C=O) groups excluding carboxylic acids is 1. The van der Waals surface area contributed by atoms with Crippen molar-refractivity contribution >= 4 is 28.9 Å². The minimum Gasteiger partial charge on any atom is -0.396 e. The minimum atomic E-state index is -0.501. The molecule has 2 rings (SSSR count). The van der Waals surface area contributed by atoms with Crippen LogP contribution in [0.1, 0.15) is 18.5 Å². The van der Waals surface area contributed by atoms with Gasteiger partial charge in [-0.15, -0.1) is 0 Å². The van der Waals surface area contributed by atoms with Crippen LogP contribution in [-0.4, -0.2) is 15.7 Å². The second-order valence-electron chi connectivity index (χ2n) is 4.71. The Bertz CT molecular complexity index is 637. The average Bonchev–Trinajstić information content (AvgIpc) is 2.73. The van der Waals surface area contributed by atoms with Crippen molar-refractivity contribution in [2.75, 3.05) is 11.1 Å². The topological polar surface area (TPSA) is 72.9 Å². The first-order chi connectivity index (χ1) is 9.95. The van der Waals surface area contributed by atoms with Crippen LogP contribution in [0.3, 0.4) is 0 Å². The lowest BCUT2D eigenvalue weighted by molar-refractivity contribution is -0.116. The summed E-state index contributed by atoms with van der Waals surface area (Å²) in [6, 6.07) is 4.09. The van der Waals surface area contributed by atoms with Crippen molar-refractivity contribution in [1.82, 2.24) is 9.78 Å². The Morgan fingerprint density at radius 2 is 2.29 bits per heavy atom. The molecule has 5 nitrogen and oxygen atoms in total. The van der Waals surface area contributed by atoms with Gasteiger partial charge in [-0.25, -0.2) is 4.39 Å². The number of nitrogens with two attached hydrogens (primary N) is 1. The number of hydrogen-bond acceptors (Lipinski definition) is 3. The lowest BCUT2D eigenvalue weighted by Gasteiger charge is -2.06. The molecule has 0 unspecified atom stereocenters. The molecule has 0 aliphatic heterocycles. The van der Waals surface area contributed by atoms with E-state index in [9.17, 15) is 9.18 Å². The number of nitrogens with one attached hydrogen (secondary N) is 1. The summed E-state index contributed by atoms with van der Waals surface area (Å²) in [4.78, 5) is 11.8. The SMILES string of the molecule is Cc1nn(CCCC(=O)Nc2ccc(F)c(N)c2)cc1Cl.